The maximum atomic E-state index is 5.53. The second-order valence-corrected chi connectivity index (χ2v) is 3.45. The molecule has 1 saturated heterocycles. The molecule has 0 spiro atoms. The highest BCUT2D eigenvalue weighted by atomic mass is 16.5. The van der Waals surface area contributed by atoms with Gasteiger partial charge in [0.15, 0.2) is 0 Å². The van der Waals surface area contributed by atoms with Gasteiger partial charge in [0.05, 0.1) is 12.9 Å². The molecule has 72 valence electrons. The normalized spacial score (nSPS) is 22.3. The molecule has 1 unspecified atom stereocenters. The zero-order valence-electron chi connectivity index (χ0n) is 7.66. The van der Waals surface area contributed by atoms with Crippen LogP contribution in [0.1, 0.15) is 12.2 Å². The Morgan fingerprint density at radius 2 is 2.62 bits per heavy atom. The molecule has 1 aliphatic rings. The van der Waals surface area contributed by atoms with Gasteiger partial charge in [-0.2, -0.15) is 0 Å². The number of ether oxygens (including phenoxy) is 1. The van der Waals surface area contributed by atoms with Gasteiger partial charge in [-0.25, -0.2) is 0 Å². The van der Waals surface area contributed by atoms with Crippen molar-refractivity contribution in [2.24, 2.45) is 5.92 Å². The van der Waals surface area contributed by atoms with Crippen LogP contribution in [0.5, 0.6) is 0 Å². The second-order valence-electron chi connectivity index (χ2n) is 3.45. The highest BCUT2D eigenvalue weighted by Crippen LogP contribution is 2.09. The molecule has 3 heteroatoms. The van der Waals surface area contributed by atoms with Crippen molar-refractivity contribution in [3.63, 3.8) is 0 Å². The third-order valence-electron chi connectivity index (χ3n) is 2.34. The second kappa shape index (κ2) is 4.44. The van der Waals surface area contributed by atoms with Crippen LogP contribution in [0.4, 0.5) is 0 Å². The van der Waals surface area contributed by atoms with E-state index >= 15 is 0 Å². The molecule has 1 aliphatic heterocycles. The first-order valence-electron chi connectivity index (χ1n) is 4.76. The molecule has 3 nitrogen and oxygen atoms in total. The van der Waals surface area contributed by atoms with Crippen molar-refractivity contribution in [1.82, 2.24) is 5.32 Å². The van der Waals surface area contributed by atoms with Crippen LogP contribution in [0.15, 0.2) is 22.8 Å². The molecule has 0 saturated carbocycles. The Morgan fingerprint density at radius 1 is 1.62 bits per heavy atom. The van der Waals surface area contributed by atoms with E-state index in [2.05, 4.69) is 5.32 Å². The first-order valence-corrected chi connectivity index (χ1v) is 4.76. The number of rotatable bonds is 4. The van der Waals surface area contributed by atoms with Crippen LogP contribution in [-0.4, -0.2) is 19.7 Å². The Balaban J connectivity index is 1.63. The molecular formula is C10H15NO2. The van der Waals surface area contributed by atoms with Crippen molar-refractivity contribution >= 4 is 0 Å². The quantitative estimate of drug-likeness (QED) is 0.762. The summed E-state index contributed by atoms with van der Waals surface area (Å²) >= 11 is 0. The molecule has 0 bridgehead atoms. The van der Waals surface area contributed by atoms with E-state index in [9.17, 15) is 0 Å². The Morgan fingerprint density at radius 3 is 3.31 bits per heavy atom. The fourth-order valence-electron chi connectivity index (χ4n) is 1.58. The third-order valence-corrected chi connectivity index (χ3v) is 2.34. The zero-order valence-corrected chi connectivity index (χ0v) is 7.66. The van der Waals surface area contributed by atoms with Gasteiger partial charge in [-0.3, -0.25) is 0 Å². The molecule has 13 heavy (non-hydrogen) atoms. The van der Waals surface area contributed by atoms with Gasteiger partial charge in [0, 0.05) is 6.54 Å². The maximum Gasteiger partial charge on any atom is 0.129 e. The molecule has 0 aliphatic carbocycles. The van der Waals surface area contributed by atoms with Gasteiger partial charge in [0.1, 0.15) is 12.4 Å². The van der Waals surface area contributed by atoms with Crippen molar-refractivity contribution in [2.75, 3.05) is 19.7 Å². The predicted octanol–water partition coefficient (Wildman–Crippen LogP) is 1.41. The van der Waals surface area contributed by atoms with E-state index in [-0.39, 0.29) is 0 Å². The number of hydrogen-bond donors (Lipinski definition) is 1. The largest absolute Gasteiger partial charge is 0.467 e. The summed E-state index contributed by atoms with van der Waals surface area (Å²) in [5.74, 6) is 1.60. The van der Waals surface area contributed by atoms with E-state index in [0.717, 1.165) is 25.5 Å². The lowest BCUT2D eigenvalue weighted by molar-refractivity contribution is 0.0804. The molecule has 0 aromatic carbocycles. The molecule has 0 radical (unpaired) electrons. The van der Waals surface area contributed by atoms with Crippen molar-refractivity contribution in [3.05, 3.63) is 24.2 Å². The van der Waals surface area contributed by atoms with Gasteiger partial charge in [-0.1, -0.05) is 0 Å². The summed E-state index contributed by atoms with van der Waals surface area (Å²) in [7, 11) is 0. The minimum absolute atomic E-state index is 0.601. The Bertz CT molecular complexity index is 227. The summed E-state index contributed by atoms with van der Waals surface area (Å²) in [6.07, 6.45) is 2.91. The highest BCUT2D eigenvalue weighted by Gasteiger charge is 2.14. The molecule has 1 aromatic heterocycles. The monoisotopic (exact) mass is 181 g/mol. The van der Waals surface area contributed by atoms with E-state index in [0.29, 0.717) is 12.5 Å². The smallest absolute Gasteiger partial charge is 0.129 e. The molecule has 1 N–H and O–H groups in total. The van der Waals surface area contributed by atoms with Gasteiger partial charge in [0.25, 0.3) is 0 Å². The Hall–Kier alpha value is -0.800. The van der Waals surface area contributed by atoms with Crippen LogP contribution in [-0.2, 0) is 11.3 Å². The molecule has 2 rings (SSSR count). The average Bonchev–Trinajstić information content (AvgIpc) is 2.75. The van der Waals surface area contributed by atoms with Gasteiger partial charge in [-0.05, 0) is 31.0 Å². The minimum atomic E-state index is 0.601. The average molecular weight is 181 g/mol. The first-order chi connectivity index (χ1) is 6.45. The standard InChI is InChI=1S/C10H15NO2/c1-2-10(13-5-1)8-12-7-9-3-4-11-6-9/h1-2,5,9,11H,3-4,6-8H2. The maximum absolute atomic E-state index is 5.53. The highest BCUT2D eigenvalue weighted by molar-refractivity contribution is 4.96. The molecular weight excluding hydrogens is 166 g/mol. The number of furan rings is 1. The van der Waals surface area contributed by atoms with Gasteiger partial charge < -0.3 is 14.5 Å². The van der Waals surface area contributed by atoms with Crippen molar-refractivity contribution in [2.45, 2.75) is 13.0 Å². The summed E-state index contributed by atoms with van der Waals surface area (Å²) in [5.41, 5.74) is 0. The minimum Gasteiger partial charge on any atom is -0.467 e. The fourth-order valence-corrected chi connectivity index (χ4v) is 1.58. The topological polar surface area (TPSA) is 34.4 Å². The Labute approximate surface area is 78.1 Å². The molecule has 1 fully saturated rings. The summed E-state index contributed by atoms with van der Waals surface area (Å²) < 4.78 is 10.7. The first kappa shape index (κ1) is 8.78. The van der Waals surface area contributed by atoms with Crippen molar-refractivity contribution in [1.29, 1.82) is 0 Å². The number of nitrogens with one attached hydrogen (secondary N) is 1. The van der Waals surface area contributed by atoms with Crippen LogP contribution in [0.2, 0.25) is 0 Å². The molecule has 1 atom stereocenters. The van der Waals surface area contributed by atoms with Crippen LogP contribution >= 0.6 is 0 Å². The number of hydrogen-bond acceptors (Lipinski definition) is 3. The fraction of sp³-hybridized carbons (Fsp3) is 0.600. The molecule has 1 aromatic rings. The van der Waals surface area contributed by atoms with Crippen LogP contribution in [0, 0.1) is 5.92 Å². The lowest BCUT2D eigenvalue weighted by Crippen LogP contribution is -2.13. The Kier molecular flexibility index (Phi) is 3.00. The van der Waals surface area contributed by atoms with E-state index in [1.807, 2.05) is 12.1 Å². The van der Waals surface area contributed by atoms with Crippen molar-refractivity contribution in [3.8, 4) is 0 Å². The summed E-state index contributed by atoms with van der Waals surface area (Å²) in [5, 5.41) is 3.31. The summed E-state index contributed by atoms with van der Waals surface area (Å²) in [4.78, 5) is 0. The molecule has 2 heterocycles. The van der Waals surface area contributed by atoms with Gasteiger partial charge in [-0.15, -0.1) is 0 Å². The predicted molar refractivity (Wildman–Crippen MR) is 49.3 cm³/mol. The van der Waals surface area contributed by atoms with E-state index in [1.165, 1.54) is 6.42 Å². The summed E-state index contributed by atoms with van der Waals surface area (Å²) in [6, 6.07) is 3.82. The van der Waals surface area contributed by atoms with Gasteiger partial charge >= 0.3 is 0 Å². The van der Waals surface area contributed by atoms with Gasteiger partial charge in [0.2, 0.25) is 0 Å². The van der Waals surface area contributed by atoms with E-state index in [4.69, 9.17) is 9.15 Å². The zero-order chi connectivity index (χ0) is 8.93. The lowest BCUT2D eigenvalue weighted by atomic mass is 10.1. The lowest BCUT2D eigenvalue weighted by Gasteiger charge is -2.07. The summed E-state index contributed by atoms with van der Waals surface area (Å²) in [6.45, 7) is 3.67. The van der Waals surface area contributed by atoms with Crippen LogP contribution < -0.4 is 5.32 Å². The van der Waals surface area contributed by atoms with Crippen LogP contribution in [0.3, 0.4) is 0 Å². The van der Waals surface area contributed by atoms with E-state index < -0.39 is 0 Å². The molecule has 0 amide bonds. The SMILES string of the molecule is c1coc(COCC2CCNC2)c1. The van der Waals surface area contributed by atoms with Crippen LogP contribution in [0.25, 0.3) is 0 Å². The third kappa shape index (κ3) is 2.57. The van der Waals surface area contributed by atoms with Crippen molar-refractivity contribution < 1.29 is 9.15 Å². The van der Waals surface area contributed by atoms with E-state index in [1.54, 1.807) is 6.26 Å².